The lowest BCUT2D eigenvalue weighted by Gasteiger charge is -2.64. The molecule has 2 N–H and O–H groups in total. The highest BCUT2D eigenvalue weighted by Gasteiger charge is 2.83. The molecule has 3 heterocycles. The van der Waals surface area contributed by atoms with E-state index in [4.69, 9.17) is 23.7 Å². The maximum Gasteiger partial charge on any atom is 0.311 e. The van der Waals surface area contributed by atoms with Crippen molar-refractivity contribution in [1.82, 2.24) is 0 Å². The molecule has 0 aromatic carbocycles. The number of carbonyl (C=O) groups is 3. The summed E-state index contributed by atoms with van der Waals surface area (Å²) >= 11 is 0. The van der Waals surface area contributed by atoms with Crippen LogP contribution in [0.15, 0.2) is 0 Å². The summed E-state index contributed by atoms with van der Waals surface area (Å²) in [5, 5.41) is 23.4. The molecule has 4 aliphatic carbocycles. The van der Waals surface area contributed by atoms with E-state index < -0.39 is 52.2 Å². The molecule has 42 heavy (non-hydrogen) atoms. The Hall–Kier alpha value is -1.75. The number of esters is 3. The predicted molar refractivity (Wildman–Crippen MR) is 145 cm³/mol. The summed E-state index contributed by atoms with van der Waals surface area (Å²) in [6, 6.07) is 0. The Balaban J connectivity index is 1.27. The van der Waals surface area contributed by atoms with Crippen LogP contribution in [0.2, 0.25) is 0 Å². The molecule has 7 aliphatic rings. The third kappa shape index (κ3) is 3.67. The first-order valence-corrected chi connectivity index (χ1v) is 15.9. The first-order chi connectivity index (χ1) is 19.6. The second kappa shape index (κ2) is 8.92. The lowest BCUT2D eigenvalue weighted by molar-refractivity contribution is -0.250. The van der Waals surface area contributed by atoms with Gasteiger partial charge < -0.3 is 33.9 Å². The quantitative estimate of drug-likeness (QED) is 0.285. The van der Waals surface area contributed by atoms with Gasteiger partial charge in [0.05, 0.1) is 23.7 Å². The monoisotopic (exact) mass is 590 g/mol. The van der Waals surface area contributed by atoms with Crippen LogP contribution in [0.25, 0.3) is 0 Å². The summed E-state index contributed by atoms with van der Waals surface area (Å²) in [6.07, 6.45) is 0.563. The molecule has 10 nitrogen and oxygen atoms in total. The average molecular weight is 591 g/mol. The van der Waals surface area contributed by atoms with Gasteiger partial charge in [-0.05, 0) is 62.7 Å². The lowest BCUT2D eigenvalue weighted by Crippen LogP contribution is -2.72. The van der Waals surface area contributed by atoms with E-state index in [9.17, 15) is 24.6 Å². The van der Waals surface area contributed by atoms with Crippen LogP contribution in [-0.2, 0) is 38.1 Å². The van der Waals surface area contributed by atoms with Gasteiger partial charge in [-0.2, -0.15) is 0 Å². The number of cyclic esters (lactones) is 1. The zero-order chi connectivity index (χ0) is 30.3. The molecule has 0 aromatic rings. The summed E-state index contributed by atoms with van der Waals surface area (Å²) < 4.78 is 30.5. The fourth-order valence-corrected chi connectivity index (χ4v) is 11.1. The minimum absolute atomic E-state index is 0.0624. The fraction of sp³-hybridized carbons (Fsp3) is 0.906. The van der Waals surface area contributed by atoms with Crippen molar-refractivity contribution in [2.45, 2.75) is 135 Å². The van der Waals surface area contributed by atoms with Crippen molar-refractivity contribution in [1.29, 1.82) is 0 Å². The van der Waals surface area contributed by atoms with Gasteiger partial charge in [-0.25, -0.2) is 0 Å². The van der Waals surface area contributed by atoms with E-state index in [-0.39, 0.29) is 65.9 Å². The Bertz CT molecular complexity index is 1200. The molecule has 0 aromatic heterocycles. The molecule has 234 valence electrons. The molecule has 0 radical (unpaired) electrons. The standard InChI is InChI=1S/C32H46O10/c1-13(20-11-29(5,36)14(2)28(35)41-20)17-8-9-18-23-19(10-22(30(17,18)6)38-15(3)33)31(7)26(39-16(4)34)24-21(40-24)12-32(31,37)27-25(23)42-27/h13-14,17-27,36-37H,8-12H2,1-7H3/t13-,14-,17+,18-,19-,20+,21-,22-,23-,24-,25-,26-,27-,29+,30+,31-,32-/m0/s1. The molecule has 10 heteroatoms. The van der Waals surface area contributed by atoms with Crippen LogP contribution in [0.1, 0.15) is 80.6 Å². The normalized spacial score (nSPS) is 57.7. The number of ether oxygens (including phenoxy) is 5. The predicted octanol–water partition coefficient (Wildman–Crippen LogP) is 2.55. The molecule has 0 bridgehead atoms. The van der Waals surface area contributed by atoms with E-state index in [0.717, 1.165) is 12.8 Å². The van der Waals surface area contributed by atoms with Gasteiger partial charge in [0.2, 0.25) is 0 Å². The Morgan fingerprint density at radius 1 is 0.976 bits per heavy atom. The van der Waals surface area contributed by atoms with Crippen LogP contribution in [0.5, 0.6) is 0 Å². The Labute approximate surface area is 247 Å². The first kappa shape index (κ1) is 29.0. The molecule has 3 saturated heterocycles. The van der Waals surface area contributed by atoms with Crippen molar-refractivity contribution < 1.29 is 48.3 Å². The average Bonchev–Trinajstić information content (AvgIpc) is 3.80. The Morgan fingerprint density at radius 3 is 2.31 bits per heavy atom. The second-order valence-electron chi connectivity index (χ2n) is 15.4. The van der Waals surface area contributed by atoms with Crippen molar-refractivity contribution in [3.63, 3.8) is 0 Å². The van der Waals surface area contributed by atoms with Crippen molar-refractivity contribution >= 4 is 17.9 Å². The third-order valence-electron chi connectivity index (χ3n) is 13.6. The maximum absolute atomic E-state index is 12.7. The van der Waals surface area contributed by atoms with Gasteiger partial charge in [0.1, 0.15) is 36.1 Å². The van der Waals surface area contributed by atoms with Gasteiger partial charge in [0.25, 0.3) is 0 Å². The van der Waals surface area contributed by atoms with Crippen LogP contribution < -0.4 is 0 Å². The highest BCUT2D eigenvalue weighted by atomic mass is 16.6. The SMILES string of the molecule is CC(=O)O[C@H]1C[C@H]2[C@@H]([C@@H]3O[C@@H]3[C@@]3(O)C[C@@H]4O[C@@H]4[C@H](OC(C)=O)[C@]23C)[C@@H]2CC[C@H]([C@H](C)[C@H]3C[C@@](C)(O)[C@@H](C)C(=O)O3)[C@@]12C. The first-order valence-electron chi connectivity index (χ1n) is 15.9. The number of rotatable bonds is 4. The van der Waals surface area contributed by atoms with Crippen LogP contribution in [0.4, 0.5) is 0 Å². The molecule has 7 rings (SSSR count). The fourth-order valence-electron chi connectivity index (χ4n) is 11.1. The molecule has 0 amide bonds. The number of hydrogen-bond donors (Lipinski definition) is 2. The van der Waals surface area contributed by atoms with Gasteiger partial charge in [0, 0.05) is 37.5 Å². The molecule has 7 fully saturated rings. The highest BCUT2D eigenvalue weighted by Crippen LogP contribution is 2.74. The Kier molecular flexibility index (Phi) is 6.15. The molecule has 4 saturated carbocycles. The molecule has 17 atom stereocenters. The van der Waals surface area contributed by atoms with E-state index >= 15 is 0 Å². The summed E-state index contributed by atoms with van der Waals surface area (Å²) in [4.78, 5) is 37.7. The van der Waals surface area contributed by atoms with Crippen LogP contribution in [0, 0.1) is 46.3 Å². The van der Waals surface area contributed by atoms with Crippen molar-refractivity contribution in [2.75, 3.05) is 0 Å². The van der Waals surface area contributed by atoms with Gasteiger partial charge >= 0.3 is 17.9 Å². The van der Waals surface area contributed by atoms with Crippen molar-refractivity contribution in [3.05, 3.63) is 0 Å². The number of aliphatic hydroxyl groups is 2. The van der Waals surface area contributed by atoms with E-state index in [2.05, 4.69) is 13.8 Å². The van der Waals surface area contributed by atoms with Gasteiger partial charge in [-0.1, -0.05) is 20.8 Å². The summed E-state index contributed by atoms with van der Waals surface area (Å²) in [5.41, 5.74) is -3.68. The van der Waals surface area contributed by atoms with E-state index in [1.165, 1.54) is 13.8 Å². The summed E-state index contributed by atoms with van der Waals surface area (Å²) in [6.45, 7) is 12.6. The topological polar surface area (TPSA) is 144 Å². The molecule has 3 aliphatic heterocycles. The van der Waals surface area contributed by atoms with Gasteiger partial charge in [0.15, 0.2) is 0 Å². The highest BCUT2D eigenvalue weighted by molar-refractivity contribution is 5.74. The van der Waals surface area contributed by atoms with E-state index in [0.29, 0.717) is 19.3 Å². The van der Waals surface area contributed by atoms with E-state index in [1.807, 2.05) is 6.92 Å². The van der Waals surface area contributed by atoms with Crippen molar-refractivity contribution in [3.8, 4) is 0 Å². The van der Waals surface area contributed by atoms with E-state index in [1.54, 1.807) is 13.8 Å². The van der Waals surface area contributed by atoms with Gasteiger partial charge in [-0.15, -0.1) is 0 Å². The lowest BCUT2D eigenvalue weighted by atomic mass is 9.41. The smallest absolute Gasteiger partial charge is 0.311 e. The molecular formula is C32H46O10. The largest absolute Gasteiger partial charge is 0.462 e. The van der Waals surface area contributed by atoms with Crippen LogP contribution in [0.3, 0.4) is 0 Å². The van der Waals surface area contributed by atoms with Crippen LogP contribution in [-0.4, -0.2) is 82.1 Å². The molecular weight excluding hydrogens is 544 g/mol. The third-order valence-corrected chi connectivity index (χ3v) is 13.6. The minimum Gasteiger partial charge on any atom is -0.462 e. The summed E-state index contributed by atoms with van der Waals surface area (Å²) in [7, 11) is 0. The zero-order valence-electron chi connectivity index (χ0n) is 25.7. The second-order valence-corrected chi connectivity index (χ2v) is 15.4. The van der Waals surface area contributed by atoms with Crippen molar-refractivity contribution in [2.24, 2.45) is 46.3 Å². The Morgan fingerprint density at radius 2 is 1.67 bits per heavy atom. The maximum atomic E-state index is 12.7. The molecule has 0 unspecified atom stereocenters. The molecule has 0 spiro atoms. The number of hydrogen-bond acceptors (Lipinski definition) is 10. The minimum atomic E-state index is -1.23. The van der Waals surface area contributed by atoms with Gasteiger partial charge in [-0.3, -0.25) is 14.4 Å². The number of epoxide rings is 2. The van der Waals surface area contributed by atoms with Crippen LogP contribution >= 0.6 is 0 Å². The zero-order valence-corrected chi connectivity index (χ0v) is 25.7. The number of carbonyl (C=O) groups excluding carboxylic acids is 3. The summed E-state index contributed by atoms with van der Waals surface area (Å²) in [5.74, 6) is -1.72. The number of fused-ring (bicyclic) bond motifs is 9.